The van der Waals surface area contributed by atoms with E-state index in [1.54, 1.807) is 12.3 Å². The van der Waals surface area contributed by atoms with Crippen molar-refractivity contribution in [1.82, 2.24) is 15.0 Å². The molecule has 0 aliphatic carbocycles. The average molecular weight is 229 g/mol. The molecule has 0 bridgehead atoms. The van der Waals surface area contributed by atoms with Gasteiger partial charge in [-0.1, -0.05) is 0 Å². The molecule has 0 spiro atoms. The Kier molecular flexibility index (Phi) is 3.40. The molecule has 86 valence electrons. The first-order valence-corrected chi connectivity index (χ1v) is 5.20. The van der Waals surface area contributed by atoms with Gasteiger partial charge in [0.25, 0.3) is 0 Å². The Balaban J connectivity index is 2.28. The molecule has 0 amide bonds. The number of ether oxygens (including phenoxy) is 1. The van der Waals surface area contributed by atoms with Gasteiger partial charge in [-0.25, -0.2) is 4.98 Å². The Labute approximate surface area is 98.5 Å². The summed E-state index contributed by atoms with van der Waals surface area (Å²) in [6.07, 6.45) is 7.48. The van der Waals surface area contributed by atoms with Gasteiger partial charge in [-0.3, -0.25) is 14.8 Å². The Morgan fingerprint density at radius 2 is 2.12 bits per heavy atom. The van der Waals surface area contributed by atoms with Crippen molar-refractivity contribution in [3.8, 4) is 5.75 Å². The second-order valence-electron chi connectivity index (χ2n) is 3.26. The summed E-state index contributed by atoms with van der Waals surface area (Å²) >= 11 is 0. The summed E-state index contributed by atoms with van der Waals surface area (Å²) < 4.78 is 5.28. The van der Waals surface area contributed by atoms with Crippen LogP contribution in [0, 0.1) is 0 Å². The Morgan fingerprint density at radius 3 is 2.82 bits per heavy atom. The van der Waals surface area contributed by atoms with E-state index in [1.165, 1.54) is 24.8 Å². The summed E-state index contributed by atoms with van der Waals surface area (Å²) in [6, 6.07) is 1.65. The summed E-state index contributed by atoms with van der Waals surface area (Å²) in [5, 5.41) is 0. The minimum Gasteiger partial charge on any atom is -0.492 e. The average Bonchev–Trinajstić information content (AvgIpc) is 2.40. The number of aromatic nitrogens is 3. The van der Waals surface area contributed by atoms with E-state index >= 15 is 0 Å². The Morgan fingerprint density at radius 1 is 1.24 bits per heavy atom. The van der Waals surface area contributed by atoms with Crippen LogP contribution in [0.15, 0.2) is 37.1 Å². The van der Waals surface area contributed by atoms with E-state index in [9.17, 15) is 4.79 Å². The predicted octanol–water partition coefficient (Wildman–Crippen LogP) is 1.50. The monoisotopic (exact) mass is 229 g/mol. The van der Waals surface area contributed by atoms with Crippen LogP contribution in [0.3, 0.4) is 0 Å². The Hall–Kier alpha value is -2.30. The minimum absolute atomic E-state index is 0.216. The van der Waals surface area contributed by atoms with Crippen molar-refractivity contribution < 1.29 is 9.53 Å². The molecular formula is C12H11N3O2. The summed E-state index contributed by atoms with van der Waals surface area (Å²) in [5.41, 5.74) is 0.736. The van der Waals surface area contributed by atoms with Gasteiger partial charge in [0, 0.05) is 24.2 Å². The lowest BCUT2D eigenvalue weighted by Crippen LogP contribution is -2.05. The summed E-state index contributed by atoms with van der Waals surface area (Å²) in [5.74, 6) is 0.356. The van der Waals surface area contributed by atoms with Gasteiger partial charge in [0.05, 0.1) is 19.0 Å². The quantitative estimate of drug-likeness (QED) is 0.743. The van der Waals surface area contributed by atoms with Crippen LogP contribution < -0.4 is 4.74 Å². The molecule has 5 nitrogen and oxygen atoms in total. The van der Waals surface area contributed by atoms with Gasteiger partial charge in [0.1, 0.15) is 11.4 Å². The first kappa shape index (κ1) is 11.2. The normalized spacial score (nSPS) is 9.94. The molecule has 5 heteroatoms. The topological polar surface area (TPSA) is 65.0 Å². The SMILES string of the molecule is CCOc1cncc(C(=O)c2cnccn2)c1. The molecule has 0 fully saturated rings. The molecule has 0 saturated carbocycles. The third kappa shape index (κ3) is 2.63. The lowest BCUT2D eigenvalue weighted by molar-refractivity contribution is 0.103. The highest BCUT2D eigenvalue weighted by Gasteiger charge is 2.11. The summed E-state index contributed by atoms with van der Waals surface area (Å²) in [7, 11) is 0. The molecule has 0 aromatic carbocycles. The minimum atomic E-state index is -0.216. The molecule has 2 aromatic heterocycles. The first-order valence-electron chi connectivity index (χ1n) is 5.20. The predicted molar refractivity (Wildman–Crippen MR) is 60.9 cm³/mol. The molecule has 0 N–H and O–H groups in total. The van der Waals surface area contributed by atoms with E-state index < -0.39 is 0 Å². The molecule has 2 heterocycles. The highest BCUT2D eigenvalue weighted by molar-refractivity contribution is 6.07. The van der Waals surface area contributed by atoms with Crippen molar-refractivity contribution in [3.63, 3.8) is 0 Å². The molecule has 17 heavy (non-hydrogen) atoms. The maximum atomic E-state index is 12.0. The molecule has 2 aromatic rings. The third-order valence-corrected chi connectivity index (χ3v) is 2.08. The van der Waals surface area contributed by atoms with Gasteiger partial charge in [-0.05, 0) is 13.0 Å². The number of carbonyl (C=O) groups is 1. The molecule has 0 saturated heterocycles. The lowest BCUT2D eigenvalue weighted by Gasteiger charge is -2.04. The van der Waals surface area contributed by atoms with Crippen molar-refractivity contribution in [3.05, 3.63) is 48.3 Å². The van der Waals surface area contributed by atoms with Crippen LogP contribution in [0.4, 0.5) is 0 Å². The van der Waals surface area contributed by atoms with Crippen molar-refractivity contribution in [1.29, 1.82) is 0 Å². The fraction of sp³-hybridized carbons (Fsp3) is 0.167. The van der Waals surface area contributed by atoms with Crippen LogP contribution in [0.25, 0.3) is 0 Å². The fourth-order valence-electron chi connectivity index (χ4n) is 1.35. The van der Waals surface area contributed by atoms with Crippen molar-refractivity contribution in [2.45, 2.75) is 6.92 Å². The molecular weight excluding hydrogens is 218 g/mol. The number of carbonyl (C=O) groups excluding carboxylic acids is 1. The second-order valence-corrected chi connectivity index (χ2v) is 3.26. The maximum absolute atomic E-state index is 12.0. The largest absolute Gasteiger partial charge is 0.492 e. The van der Waals surface area contributed by atoms with Crippen LogP contribution in [-0.2, 0) is 0 Å². The zero-order valence-corrected chi connectivity index (χ0v) is 9.33. The number of nitrogens with zero attached hydrogens (tertiary/aromatic N) is 3. The lowest BCUT2D eigenvalue weighted by atomic mass is 10.1. The fourth-order valence-corrected chi connectivity index (χ4v) is 1.35. The van der Waals surface area contributed by atoms with Gasteiger partial charge in [0.2, 0.25) is 5.78 Å². The van der Waals surface area contributed by atoms with E-state index in [4.69, 9.17) is 4.74 Å². The van der Waals surface area contributed by atoms with Gasteiger partial charge < -0.3 is 4.74 Å². The standard InChI is InChI=1S/C12H11N3O2/c1-2-17-10-5-9(6-14-7-10)12(16)11-8-13-3-4-15-11/h3-8H,2H2,1H3. The van der Waals surface area contributed by atoms with Gasteiger partial charge >= 0.3 is 0 Å². The number of pyridine rings is 1. The van der Waals surface area contributed by atoms with Crippen LogP contribution >= 0.6 is 0 Å². The van der Waals surface area contributed by atoms with E-state index in [1.807, 2.05) is 6.92 Å². The second kappa shape index (κ2) is 5.16. The van der Waals surface area contributed by atoms with Crippen LogP contribution in [0.5, 0.6) is 5.75 Å². The van der Waals surface area contributed by atoms with E-state index in [2.05, 4.69) is 15.0 Å². The zero-order valence-electron chi connectivity index (χ0n) is 9.33. The smallest absolute Gasteiger partial charge is 0.214 e. The molecule has 0 aliphatic rings. The van der Waals surface area contributed by atoms with E-state index in [0.29, 0.717) is 23.6 Å². The van der Waals surface area contributed by atoms with E-state index in [0.717, 1.165) is 0 Å². The highest BCUT2D eigenvalue weighted by Crippen LogP contribution is 2.13. The number of rotatable bonds is 4. The van der Waals surface area contributed by atoms with Gasteiger partial charge in [-0.2, -0.15) is 0 Å². The third-order valence-electron chi connectivity index (χ3n) is 2.08. The molecule has 0 atom stereocenters. The van der Waals surface area contributed by atoms with Crippen LogP contribution in [0.2, 0.25) is 0 Å². The number of hydrogen-bond donors (Lipinski definition) is 0. The zero-order chi connectivity index (χ0) is 12.1. The first-order chi connectivity index (χ1) is 8.31. The highest BCUT2D eigenvalue weighted by atomic mass is 16.5. The summed E-state index contributed by atoms with van der Waals surface area (Å²) in [4.78, 5) is 23.8. The molecule has 2 rings (SSSR count). The van der Waals surface area contributed by atoms with Crippen molar-refractivity contribution in [2.24, 2.45) is 0 Å². The van der Waals surface area contributed by atoms with Crippen molar-refractivity contribution >= 4 is 5.78 Å². The Bertz CT molecular complexity index is 514. The van der Waals surface area contributed by atoms with Gasteiger partial charge in [-0.15, -0.1) is 0 Å². The van der Waals surface area contributed by atoms with Gasteiger partial charge in [0.15, 0.2) is 0 Å². The molecule has 0 aliphatic heterocycles. The molecule has 0 radical (unpaired) electrons. The molecule has 0 unspecified atom stereocenters. The van der Waals surface area contributed by atoms with Crippen LogP contribution in [-0.4, -0.2) is 27.3 Å². The maximum Gasteiger partial charge on any atom is 0.214 e. The number of ketones is 1. The van der Waals surface area contributed by atoms with Crippen molar-refractivity contribution in [2.75, 3.05) is 6.61 Å². The summed E-state index contributed by atoms with van der Waals surface area (Å²) in [6.45, 7) is 2.40. The van der Waals surface area contributed by atoms with Crippen LogP contribution in [0.1, 0.15) is 23.0 Å². The number of hydrogen-bond acceptors (Lipinski definition) is 5. The van der Waals surface area contributed by atoms with E-state index in [-0.39, 0.29) is 5.78 Å².